The van der Waals surface area contributed by atoms with E-state index in [1.165, 1.54) is 36.9 Å². The van der Waals surface area contributed by atoms with E-state index < -0.39 is 0 Å². The van der Waals surface area contributed by atoms with Gasteiger partial charge in [-0.05, 0) is 37.3 Å². The second kappa shape index (κ2) is 5.09. The number of nitrogens with two attached hydrogens (primary N) is 1. The van der Waals surface area contributed by atoms with Crippen molar-refractivity contribution in [2.24, 2.45) is 11.7 Å². The average molecular weight is 232 g/mol. The Balaban J connectivity index is 2.22. The fourth-order valence-electron chi connectivity index (χ4n) is 2.93. The Morgan fingerprint density at radius 1 is 1.35 bits per heavy atom. The molecule has 0 amide bonds. The quantitative estimate of drug-likeness (QED) is 0.839. The highest BCUT2D eigenvalue weighted by atomic mass is 15.0. The number of hydrogen-bond acceptors (Lipinski definition) is 2. The standard InChI is InChI=1S/C15H24N2/c1-12-7-3-4-9-14(12)17-15(11-16)10-6-5-8-13(15)2/h3-4,7,9,13,17H,5-6,8,10-11,16H2,1-2H3. The first kappa shape index (κ1) is 12.4. The lowest BCUT2D eigenvalue weighted by Crippen LogP contribution is -2.52. The molecule has 2 nitrogen and oxygen atoms in total. The van der Waals surface area contributed by atoms with Crippen LogP contribution >= 0.6 is 0 Å². The number of anilines is 1. The molecular formula is C15H24N2. The molecular weight excluding hydrogens is 208 g/mol. The van der Waals surface area contributed by atoms with Crippen molar-refractivity contribution in [1.82, 2.24) is 0 Å². The van der Waals surface area contributed by atoms with E-state index >= 15 is 0 Å². The molecule has 3 N–H and O–H groups in total. The molecule has 0 saturated heterocycles. The first-order valence-corrected chi connectivity index (χ1v) is 6.72. The number of para-hydroxylation sites is 1. The molecule has 2 atom stereocenters. The van der Waals surface area contributed by atoms with Crippen molar-refractivity contribution in [1.29, 1.82) is 0 Å². The Morgan fingerprint density at radius 2 is 2.12 bits per heavy atom. The third-order valence-electron chi connectivity index (χ3n) is 4.35. The van der Waals surface area contributed by atoms with E-state index in [4.69, 9.17) is 5.73 Å². The minimum atomic E-state index is 0.102. The SMILES string of the molecule is Cc1ccccc1NC1(CN)CCCCC1C. The third-order valence-corrected chi connectivity index (χ3v) is 4.35. The number of rotatable bonds is 3. The Kier molecular flexibility index (Phi) is 3.72. The molecule has 2 rings (SSSR count). The van der Waals surface area contributed by atoms with Crippen molar-refractivity contribution in [2.45, 2.75) is 45.1 Å². The van der Waals surface area contributed by atoms with Gasteiger partial charge in [0.15, 0.2) is 0 Å². The van der Waals surface area contributed by atoms with Crippen LogP contribution in [0.3, 0.4) is 0 Å². The normalized spacial score (nSPS) is 29.0. The summed E-state index contributed by atoms with van der Waals surface area (Å²) in [5.74, 6) is 0.654. The van der Waals surface area contributed by atoms with Gasteiger partial charge in [0.2, 0.25) is 0 Å². The van der Waals surface area contributed by atoms with Gasteiger partial charge in [-0.3, -0.25) is 0 Å². The molecule has 1 aromatic rings. The number of benzene rings is 1. The zero-order valence-electron chi connectivity index (χ0n) is 11.0. The van der Waals surface area contributed by atoms with Gasteiger partial charge in [-0.2, -0.15) is 0 Å². The summed E-state index contributed by atoms with van der Waals surface area (Å²) in [5, 5.41) is 3.74. The van der Waals surface area contributed by atoms with Gasteiger partial charge in [-0.15, -0.1) is 0 Å². The van der Waals surface area contributed by atoms with Crippen molar-refractivity contribution in [3.05, 3.63) is 29.8 Å². The molecule has 0 heterocycles. The molecule has 0 bridgehead atoms. The minimum absolute atomic E-state index is 0.102. The van der Waals surface area contributed by atoms with Crippen molar-refractivity contribution in [3.8, 4) is 0 Å². The average Bonchev–Trinajstić information content (AvgIpc) is 2.35. The second-order valence-electron chi connectivity index (χ2n) is 5.45. The Hall–Kier alpha value is -1.02. The van der Waals surface area contributed by atoms with E-state index in [2.05, 4.69) is 43.4 Å². The molecule has 2 unspecified atom stereocenters. The molecule has 1 fully saturated rings. The van der Waals surface area contributed by atoms with E-state index in [9.17, 15) is 0 Å². The van der Waals surface area contributed by atoms with Crippen LogP contribution in [0.5, 0.6) is 0 Å². The molecule has 1 aliphatic rings. The Labute approximate surface area is 105 Å². The fourth-order valence-corrected chi connectivity index (χ4v) is 2.93. The molecule has 2 heteroatoms. The highest BCUT2D eigenvalue weighted by Gasteiger charge is 2.36. The predicted octanol–water partition coefficient (Wildman–Crippen LogP) is 3.31. The monoisotopic (exact) mass is 232 g/mol. The van der Waals surface area contributed by atoms with E-state index in [-0.39, 0.29) is 5.54 Å². The Bertz CT molecular complexity index is 375. The van der Waals surface area contributed by atoms with Crippen molar-refractivity contribution in [2.75, 3.05) is 11.9 Å². The Morgan fingerprint density at radius 3 is 2.76 bits per heavy atom. The van der Waals surface area contributed by atoms with E-state index in [1.54, 1.807) is 0 Å². The van der Waals surface area contributed by atoms with Crippen LogP contribution in [0.2, 0.25) is 0 Å². The molecule has 1 aromatic carbocycles. The zero-order valence-corrected chi connectivity index (χ0v) is 11.0. The van der Waals surface area contributed by atoms with Crippen LogP contribution in [0.1, 0.15) is 38.2 Å². The lowest BCUT2D eigenvalue weighted by Gasteiger charge is -2.43. The largest absolute Gasteiger partial charge is 0.378 e. The highest BCUT2D eigenvalue weighted by molar-refractivity contribution is 5.52. The summed E-state index contributed by atoms with van der Waals surface area (Å²) in [4.78, 5) is 0. The van der Waals surface area contributed by atoms with Gasteiger partial charge in [0.25, 0.3) is 0 Å². The van der Waals surface area contributed by atoms with Crippen LogP contribution in [-0.4, -0.2) is 12.1 Å². The van der Waals surface area contributed by atoms with Gasteiger partial charge in [0.05, 0.1) is 5.54 Å². The van der Waals surface area contributed by atoms with Gasteiger partial charge in [0.1, 0.15) is 0 Å². The van der Waals surface area contributed by atoms with Crippen molar-refractivity contribution >= 4 is 5.69 Å². The third kappa shape index (κ3) is 2.47. The van der Waals surface area contributed by atoms with Gasteiger partial charge >= 0.3 is 0 Å². The summed E-state index contributed by atoms with van der Waals surface area (Å²) in [6.07, 6.45) is 5.12. The first-order chi connectivity index (χ1) is 8.18. The summed E-state index contributed by atoms with van der Waals surface area (Å²) in [6, 6.07) is 8.49. The molecule has 0 aromatic heterocycles. The van der Waals surface area contributed by atoms with Crippen molar-refractivity contribution in [3.63, 3.8) is 0 Å². The maximum Gasteiger partial charge on any atom is 0.0521 e. The first-order valence-electron chi connectivity index (χ1n) is 6.72. The lowest BCUT2D eigenvalue weighted by molar-refractivity contribution is 0.235. The summed E-state index contributed by atoms with van der Waals surface area (Å²) < 4.78 is 0. The van der Waals surface area contributed by atoms with Gasteiger partial charge < -0.3 is 11.1 Å². The molecule has 1 aliphatic carbocycles. The fraction of sp³-hybridized carbons (Fsp3) is 0.600. The maximum absolute atomic E-state index is 6.06. The molecule has 1 saturated carbocycles. The predicted molar refractivity (Wildman–Crippen MR) is 74.2 cm³/mol. The molecule has 0 radical (unpaired) electrons. The zero-order chi connectivity index (χ0) is 12.3. The molecule has 17 heavy (non-hydrogen) atoms. The van der Waals surface area contributed by atoms with Crippen LogP contribution in [0.15, 0.2) is 24.3 Å². The van der Waals surface area contributed by atoms with Crippen LogP contribution in [0, 0.1) is 12.8 Å². The molecule has 0 spiro atoms. The van der Waals surface area contributed by atoms with E-state index in [0.29, 0.717) is 5.92 Å². The smallest absolute Gasteiger partial charge is 0.0521 e. The minimum Gasteiger partial charge on any atom is -0.378 e. The summed E-state index contributed by atoms with van der Waals surface area (Å²) in [6.45, 7) is 5.21. The van der Waals surface area contributed by atoms with E-state index in [1.807, 2.05) is 0 Å². The summed E-state index contributed by atoms with van der Waals surface area (Å²) in [7, 11) is 0. The number of hydrogen-bond donors (Lipinski definition) is 2. The van der Waals surface area contributed by atoms with Gasteiger partial charge in [-0.1, -0.05) is 38.0 Å². The van der Waals surface area contributed by atoms with Gasteiger partial charge in [0, 0.05) is 12.2 Å². The van der Waals surface area contributed by atoms with Gasteiger partial charge in [-0.25, -0.2) is 0 Å². The topological polar surface area (TPSA) is 38.0 Å². The van der Waals surface area contributed by atoms with E-state index in [0.717, 1.165) is 6.54 Å². The molecule has 94 valence electrons. The van der Waals surface area contributed by atoms with Crippen LogP contribution < -0.4 is 11.1 Å². The lowest BCUT2D eigenvalue weighted by atomic mass is 9.73. The van der Waals surface area contributed by atoms with Crippen molar-refractivity contribution < 1.29 is 0 Å². The maximum atomic E-state index is 6.06. The van der Waals surface area contributed by atoms with Crippen LogP contribution in [0.4, 0.5) is 5.69 Å². The second-order valence-corrected chi connectivity index (χ2v) is 5.45. The summed E-state index contributed by atoms with van der Waals surface area (Å²) in [5.41, 5.74) is 8.71. The number of aryl methyl sites for hydroxylation is 1. The van der Waals surface area contributed by atoms with Crippen LogP contribution in [0.25, 0.3) is 0 Å². The van der Waals surface area contributed by atoms with Crippen LogP contribution in [-0.2, 0) is 0 Å². The number of nitrogens with one attached hydrogen (secondary N) is 1. The molecule has 0 aliphatic heterocycles. The summed E-state index contributed by atoms with van der Waals surface area (Å²) >= 11 is 0. The highest BCUT2D eigenvalue weighted by Crippen LogP contribution is 2.36.